The second kappa shape index (κ2) is 8.70. The molecule has 0 saturated heterocycles. The highest BCUT2D eigenvalue weighted by molar-refractivity contribution is 6.30. The van der Waals surface area contributed by atoms with Crippen molar-refractivity contribution in [2.24, 2.45) is 0 Å². The molecule has 1 rings (SSSR count). The number of benzene rings is 1. The summed E-state index contributed by atoms with van der Waals surface area (Å²) in [6.07, 6.45) is 3.93. The number of nitrogens with zero attached hydrogens (tertiary/aromatic N) is 2. The van der Waals surface area contributed by atoms with Crippen molar-refractivity contribution in [3.05, 3.63) is 71.3 Å². The van der Waals surface area contributed by atoms with E-state index in [9.17, 15) is 0 Å². The standard InChI is InChI=1S/C19H27ClN2/c1-7-9-19(16(5)21(6)8-2)22(15(3)4)14-17-10-12-18(20)13-11-17/h8,10-13H,2-3,7,9,14H2,1,4-6H3/b19-16+. The van der Waals surface area contributed by atoms with E-state index in [0.717, 1.165) is 30.1 Å². The Balaban J connectivity index is 3.16. The summed E-state index contributed by atoms with van der Waals surface area (Å²) in [4.78, 5) is 4.34. The van der Waals surface area contributed by atoms with Crippen molar-refractivity contribution < 1.29 is 0 Å². The molecule has 0 fully saturated rings. The SMILES string of the molecule is C=CN(C)/C(C)=C(\CCC)N(Cc1ccc(Cl)cc1)C(=C)C. The molecule has 3 heteroatoms. The van der Waals surface area contributed by atoms with E-state index in [4.69, 9.17) is 11.6 Å². The molecule has 22 heavy (non-hydrogen) atoms. The second-order valence-electron chi connectivity index (χ2n) is 5.52. The summed E-state index contributed by atoms with van der Waals surface area (Å²) in [6.45, 7) is 15.2. The molecule has 0 N–H and O–H groups in total. The molecule has 0 saturated carbocycles. The summed E-state index contributed by atoms with van der Waals surface area (Å²) in [5.41, 5.74) is 4.74. The molecule has 0 heterocycles. The third kappa shape index (κ3) is 4.96. The number of rotatable bonds is 8. The summed E-state index contributed by atoms with van der Waals surface area (Å²) in [5, 5.41) is 0.762. The maximum absolute atomic E-state index is 5.98. The van der Waals surface area contributed by atoms with Gasteiger partial charge in [0.15, 0.2) is 0 Å². The molecule has 0 radical (unpaired) electrons. The molecule has 120 valence electrons. The summed E-state index contributed by atoms with van der Waals surface area (Å²) < 4.78 is 0. The fourth-order valence-electron chi connectivity index (χ4n) is 2.32. The van der Waals surface area contributed by atoms with E-state index < -0.39 is 0 Å². The lowest BCUT2D eigenvalue weighted by molar-refractivity contribution is 0.380. The minimum absolute atomic E-state index is 0.762. The lowest BCUT2D eigenvalue weighted by atomic mass is 10.1. The fourth-order valence-corrected chi connectivity index (χ4v) is 2.45. The molecular weight excluding hydrogens is 292 g/mol. The van der Waals surface area contributed by atoms with Crippen LogP contribution in [0, 0.1) is 0 Å². The summed E-state index contributed by atoms with van der Waals surface area (Å²) in [5.74, 6) is 0. The van der Waals surface area contributed by atoms with E-state index in [1.807, 2.05) is 32.3 Å². The fraction of sp³-hybridized carbons (Fsp3) is 0.368. The molecule has 0 aromatic heterocycles. The molecule has 0 aliphatic carbocycles. The van der Waals surface area contributed by atoms with Crippen molar-refractivity contribution in [3.8, 4) is 0 Å². The highest BCUT2D eigenvalue weighted by Crippen LogP contribution is 2.25. The minimum atomic E-state index is 0.762. The monoisotopic (exact) mass is 318 g/mol. The maximum atomic E-state index is 5.98. The Kier molecular flexibility index (Phi) is 7.26. The van der Waals surface area contributed by atoms with Crippen LogP contribution in [0.1, 0.15) is 39.2 Å². The largest absolute Gasteiger partial charge is 0.354 e. The van der Waals surface area contributed by atoms with E-state index in [1.54, 1.807) is 0 Å². The van der Waals surface area contributed by atoms with Crippen molar-refractivity contribution in [1.29, 1.82) is 0 Å². The maximum Gasteiger partial charge on any atom is 0.0475 e. The molecule has 0 unspecified atom stereocenters. The molecule has 0 bridgehead atoms. The number of halogens is 1. The van der Waals surface area contributed by atoms with Gasteiger partial charge in [0, 0.05) is 35.7 Å². The van der Waals surface area contributed by atoms with Crippen LogP contribution in [-0.2, 0) is 6.54 Å². The summed E-state index contributed by atoms with van der Waals surface area (Å²) in [7, 11) is 2.02. The predicted molar refractivity (Wildman–Crippen MR) is 97.4 cm³/mol. The first-order valence-corrected chi connectivity index (χ1v) is 8.01. The molecule has 1 aromatic rings. The van der Waals surface area contributed by atoms with Crippen molar-refractivity contribution in [2.75, 3.05) is 7.05 Å². The molecule has 0 amide bonds. The Morgan fingerprint density at radius 3 is 2.27 bits per heavy atom. The van der Waals surface area contributed by atoms with E-state index >= 15 is 0 Å². The molecule has 0 spiro atoms. The van der Waals surface area contributed by atoms with Gasteiger partial charge in [-0.1, -0.05) is 50.2 Å². The molecule has 0 aliphatic heterocycles. The van der Waals surface area contributed by atoms with Crippen LogP contribution < -0.4 is 0 Å². The van der Waals surface area contributed by atoms with Gasteiger partial charge in [-0.25, -0.2) is 0 Å². The Labute approximate surface area is 140 Å². The van der Waals surface area contributed by atoms with Crippen LogP contribution in [-0.4, -0.2) is 16.8 Å². The van der Waals surface area contributed by atoms with Gasteiger partial charge in [0.1, 0.15) is 0 Å². The predicted octanol–water partition coefficient (Wildman–Crippen LogP) is 5.78. The van der Waals surface area contributed by atoms with Gasteiger partial charge < -0.3 is 9.80 Å². The Morgan fingerprint density at radius 2 is 1.82 bits per heavy atom. The van der Waals surface area contributed by atoms with Crippen molar-refractivity contribution in [3.63, 3.8) is 0 Å². The van der Waals surface area contributed by atoms with Crippen molar-refractivity contribution in [2.45, 2.75) is 40.2 Å². The molecular formula is C19H27ClN2. The molecule has 0 aliphatic rings. The van der Waals surface area contributed by atoms with E-state index in [1.165, 1.54) is 17.0 Å². The lowest BCUT2D eigenvalue weighted by Crippen LogP contribution is -2.24. The smallest absolute Gasteiger partial charge is 0.0475 e. The number of allylic oxidation sites excluding steroid dienone is 3. The van der Waals surface area contributed by atoms with E-state index in [0.29, 0.717) is 0 Å². The van der Waals surface area contributed by atoms with Gasteiger partial charge in [-0.2, -0.15) is 0 Å². The minimum Gasteiger partial charge on any atom is -0.354 e. The molecule has 2 nitrogen and oxygen atoms in total. The van der Waals surface area contributed by atoms with Crippen molar-refractivity contribution in [1.82, 2.24) is 9.80 Å². The Hall–Kier alpha value is -1.67. The summed E-state index contributed by atoms with van der Waals surface area (Å²) >= 11 is 5.98. The third-order valence-electron chi connectivity index (χ3n) is 3.75. The zero-order valence-corrected chi connectivity index (χ0v) is 15.0. The van der Waals surface area contributed by atoms with E-state index in [-0.39, 0.29) is 0 Å². The zero-order valence-electron chi connectivity index (χ0n) is 14.2. The van der Waals surface area contributed by atoms with Gasteiger partial charge in [-0.15, -0.1) is 0 Å². The Morgan fingerprint density at radius 1 is 1.23 bits per heavy atom. The van der Waals surface area contributed by atoms with Gasteiger partial charge in [-0.3, -0.25) is 0 Å². The van der Waals surface area contributed by atoms with Crippen LogP contribution in [0.15, 0.2) is 60.7 Å². The number of hydrogen-bond acceptors (Lipinski definition) is 2. The first-order chi connectivity index (χ1) is 10.4. The quantitative estimate of drug-likeness (QED) is 0.599. The van der Waals surface area contributed by atoms with Gasteiger partial charge >= 0.3 is 0 Å². The van der Waals surface area contributed by atoms with E-state index in [2.05, 4.69) is 48.9 Å². The Bertz CT molecular complexity index is 543. The van der Waals surface area contributed by atoms with Gasteiger partial charge in [0.05, 0.1) is 0 Å². The average Bonchev–Trinajstić information content (AvgIpc) is 2.50. The topological polar surface area (TPSA) is 6.48 Å². The summed E-state index contributed by atoms with van der Waals surface area (Å²) in [6, 6.07) is 7.99. The number of hydrogen-bond donors (Lipinski definition) is 0. The molecule has 1 aromatic carbocycles. The second-order valence-corrected chi connectivity index (χ2v) is 5.96. The highest BCUT2D eigenvalue weighted by atomic mass is 35.5. The van der Waals surface area contributed by atoms with Gasteiger partial charge in [0.2, 0.25) is 0 Å². The normalized spacial score (nSPS) is 11.7. The average molecular weight is 319 g/mol. The van der Waals surface area contributed by atoms with Gasteiger partial charge in [-0.05, 0) is 44.2 Å². The van der Waals surface area contributed by atoms with Gasteiger partial charge in [0.25, 0.3) is 0 Å². The van der Waals surface area contributed by atoms with Crippen LogP contribution in [0.4, 0.5) is 0 Å². The van der Waals surface area contributed by atoms with Crippen LogP contribution in [0.2, 0.25) is 5.02 Å². The zero-order chi connectivity index (χ0) is 16.7. The lowest BCUT2D eigenvalue weighted by Gasteiger charge is -2.31. The van der Waals surface area contributed by atoms with Crippen LogP contribution in [0.3, 0.4) is 0 Å². The van der Waals surface area contributed by atoms with Crippen LogP contribution in [0.5, 0.6) is 0 Å². The van der Waals surface area contributed by atoms with Crippen LogP contribution in [0.25, 0.3) is 0 Å². The van der Waals surface area contributed by atoms with Crippen molar-refractivity contribution >= 4 is 11.6 Å². The van der Waals surface area contributed by atoms with Crippen LogP contribution >= 0.6 is 11.6 Å². The first kappa shape index (κ1) is 18.4. The highest BCUT2D eigenvalue weighted by Gasteiger charge is 2.15. The first-order valence-electron chi connectivity index (χ1n) is 7.63. The third-order valence-corrected chi connectivity index (χ3v) is 4.00. The molecule has 0 atom stereocenters.